The van der Waals surface area contributed by atoms with Gasteiger partial charge < -0.3 is 30.0 Å². The summed E-state index contributed by atoms with van der Waals surface area (Å²) in [7, 11) is 1.62. The Balaban J connectivity index is 2.08. The zero-order chi connectivity index (χ0) is 19.2. The number of carbonyl (C=O) groups is 2. The second-order valence-electron chi connectivity index (χ2n) is 6.99. The van der Waals surface area contributed by atoms with Gasteiger partial charge >= 0.3 is 6.03 Å². The number of benzene rings is 1. The van der Waals surface area contributed by atoms with Gasteiger partial charge in [-0.3, -0.25) is 0 Å². The van der Waals surface area contributed by atoms with Crippen LogP contribution in [0.5, 0.6) is 5.75 Å². The third-order valence-electron chi connectivity index (χ3n) is 4.95. The van der Waals surface area contributed by atoms with Crippen LogP contribution in [0.3, 0.4) is 0 Å². The summed E-state index contributed by atoms with van der Waals surface area (Å²) in [6.45, 7) is 5.06. The summed E-state index contributed by atoms with van der Waals surface area (Å²) in [5.41, 5.74) is 0.846. The fraction of sp³-hybridized carbons (Fsp3) is 0.579. The molecule has 1 aliphatic heterocycles. The molecule has 7 nitrogen and oxygen atoms in total. The van der Waals surface area contributed by atoms with Crippen molar-refractivity contribution in [2.45, 2.75) is 38.1 Å². The van der Waals surface area contributed by atoms with Gasteiger partial charge in [-0.25, -0.2) is 4.79 Å². The summed E-state index contributed by atoms with van der Waals surface area (Å²) in [6.07, 6.45) is 1.54. The van der Waals surface area contributed by atoms with Gasteiger partial charge in [0.2, 0.25) is 0 Å². The number of methoxy groups -OCH3 is 1. The Morgan fingerprint density at radius 3 is 2.35 bits per heavy atom. The van der Waals surface area contributed by atoms with E-state index < -0.39 is 18.0 Å². The van der Waals surface area contributed by atoms with Crippen molar-refractivity contribution < 1.29 is 24.2 Å². The highest BCUT2D eigenvalue weighted by Crippen LogP contribution is 2.35. The Hall–Kier alpha value is -2.28. The Labute approximate surface area is 154 Å². The van der Waals surface area contributed by atoms with Gasteiger partial charge in [0.05, 0.1) is 19.1 Å². The molecule has 26 heavy (non-hydrogen) atoms. The molecule has 0 unspecified atom stereocenters. The van der Waals surface area contributed by atoms with E-state index in [1.54, 1.807) is 21.0 Å². The standard InChI is InChI=1S/C19H28N2O5/c1-13(2)16(17(22)23)21-18(24)20-12-19(8-10-26-11-9-19)14-4-6-15(25-3)7-5-14/h4-7,13,16H,8-12H2,1-3H3,(H,22,23)(H2,20,21,24)/p-1/t16-/m0/s1. The number of aliphatic carboxylic acids is 1. The first kappa shape index (κ1) is 20.0. The van der Waals surface area contributed by atoms with Gasteiger partial charge in [-0.15, -0.1) is 0 Å². The smallest absolute Gasteiger partial charge is 0.315 e. The Kier molecular flexibility index (Phi) is 6.85. The van der Waals surface area contributed by atoms with Crippen molar-refractivity contribution >= 4 is 12.0 Å². The number of hydrogen-bond acceptors (Lipinski definition) is 5. The fourth-order valence-corrected chi connectivity index (χ4v) is 3.21. The lowest BCUT2D eigenvalue weighted by Gasteiger charge is -2.38. The van der Waals surface area contributed by atoms with Crippen LogP contribution < -0.4 is 20.5 Å². The first-order valence-electron chi connectivity index (χ1n) is 8.85. The lowest BCUT2D eigenvalue weighted by atomic mass is 9.74. The third-order valence-corrected chi connectivity index (χ3v) is 4.95. The first-order valence-corrected chi connectivity index (χ1v) is 8.85. The number of carboxylic acids is 1. The highest BCUT2D eigenvalue weighted by molar-refractivity contribution is 5.81. The van der Waals surface area contributed by atoms with Gasteiger partial charge in [0.1, 0.15) is 5.75 Å². The molecule has 1 saturated heterocycles. The number of carboxylic acid groups (broad SMARTS) is 1. The molecule has 1 aromatic rings. The van der Waals surface area contributed by atoms with E-state index in [2.05, 4.69) is 10.6 Å². The topological polar surface area (TPSA) is 99.7 Å². The van der Waals surface area contributed by atoms with Gasteiger partial charge in [-0.1, -0.05) is 26.0 Å². The van der Waals surface area contributed by atoms with E-state index in [1.807, 2.05) is 24.3 Å². The largest absolute Gasteiger partial charge is 0.548 e. The maximum atomic E-state index is 12.2. The lowest BCUT2D eigenvalue weighted by Crippen LogP contribution is -2.55. The van der Waals surface area contributed by atoms with E-state index in [1.165, 1.54) is 0 Å². The predicted molar refractivity (Wildman–Crippen MR) is 94.9 cm³/mol. The summed E-state index contributed by atoms with van der Waals surface area (Å²) >= 11 is 0. The van der Waals surface area contributed by atoms with E-state index in [-0.39, 0.29) is 11.3 Å². The van der Waals surface area contributed by atoms with Gasteiger partial charge in [-0.2, -0.15) is 0 Å². The molecule has 0 radical (unpaired) electrons. The minimum absolute atomic E-state index is 0.253. The Morgan fingerprint density at radius 1 is 1.23 bits per heavy atom. The first-order chi connectivity index (χ1) is 12.4. The van der Waals surface area contributed by atoms with E-state index >= 15 is 0 Å². The Bertz CT molecular complexity index is 609. The third kappa shape index (κ3) is 4.88. The summed E-state index contributed by atoms with van der Waals surface area (Å²) in [6, 6.07) is 6.27. The van der Waals surface area contributed by atoms with E-state index in [9.17, 15) is 14.7 Å². The number of urea groups is 1. The van der Waals surface area contributed by atoms with E-state index in [4.69, 9.17) is 9.47 Å². The molecule has 7 heteroatoms. The van der Waals surface area contributed by atoms with E-state index in [0.717, 1.165) is 24.2 Å². The number of ether oxygens (including phenoxy) is 2. The molecular formula is C19H27N2O5-. The number of carbonyl (C=O) groups excluding carboxylic acids is 2. The maximum Gasteiger partial charge on any atom is 0.315 e. The number of amides is 2. The molecule has 2 amide bonds. The monoisotopic (exact) mass is 363 g/mol. The van der Waals surface area contributed by atoms with Crippen LogP contribution in [-0.4, -0.2) is 44.9 Å². The summed E-state index contributed by atoms with van der Waals surface area (Å²) in [5.74, 6) is -0.772. The molecule has 1 heterocycles. The van der Waals surface area contributed by atoms with Crippen LogP contribution in [0.25, 0.3) is 0 Å². The maximum absolute atomic E-state index is 12.2. The minimum atomic E-state index is -1.29. The van der Waals surface area contributed by atoms with Gasteiger partial charge in [0.25, 0.3) is 0 Å². The zero-order valence-corrected chi connectivity index (χ0v) is 15.5. The molecule has 1 aliphatic rings. The van der Waals surface area contributed by atoms with Crippen LogP contribution in [0.2, 0.25) is 0 Å². The number of hydrogen-bond donors (Lipinski definition) is 2. The van der Waals surface area contributed by atoms with Crippen LogP contribution in [0, 0.1) is 5.92 Å². The highest BCUT2D eigenvalue weighted by atomic mass is 16.5. The van der Waals surface area contributed by atoms with Crippen LogP contribution in [-0.2, 0) is 14.9 Å². The van der Waals surface area contributed by atoms with Crippen molar-refractivity contribution in [1.29, 1.82) is 0 Å². The zero-order valence-electron chi connectivity index (χ0n) is 15.5. The summed E-state index contributed by atoms with van der Waals surface area (Å²) in [4.78, 5) is 23.4. The quantitative estimate of drug-likeness (QED) is 0.747. The highest BCUT2D eigenvalue weighted by Gasteiger charge is 2.35. The molecule has 0 aliphatic carbocycles. The molecule has 1 aromatic carbocycles. The SMILES string of the molecule is COc1ccc(C2(CNC(=O)N[C@H](C(=O)[O-])C(C)C)CCOCC2)cc1. The molecule has 1 atom stereocenters. The van der Waals surface area contributed by atoms with Crippen molar-refractivity contribution in [3.8, 4) is 5.75 Å². The van der Waals surface area contributed by atoms with Gasteiger partial charge in [0, 0.05) is 25.2 Å². The van der Waals surface area contributed by atoms with Gasteiger partial charge in [-0.05, 0) is 36.5 Å². The van der Waals surface area contributed by atoms with Crippen LogP contribution in [0.1, 0.15) is 32.3 Å². The lowest BCUT2D eigenvalue weighted by molar-refractivity contribution is -0.309. The average Bonchev–Trinajstić information content (AvgIpc) is 2.64. The molecule has 144 valence electrons. The molecule has 0 aromatic heterocycles. The van der Waals surface area contributed by atoms with E-state index in [0.29, 0.717) is 19.8 Å². The molecule has 0 bridgehead atoms. The summed E-state index contributed by atoms with van der Waals surface area (Å²) < 4.78 is 10.7. The van der Waals surface area contributed by atoms with Crippen LogP contribution >= 0.6 is 0 Å². The van der Waals surface area contributed by atoms with Crippen LogP contribution in [0.15, 0.2) is 24.3 Å². The molecule has 1 fully saturated rings. The van der Waals surface area contributed by atoms with Crippen molar-refractivity contribution in [2.75, 3.05) is 26.9 Å². The minimum Gasteiger partial charge on any atom is -0.548 e. The van der Waals surface area contributed by atoms with Crippen molar-refractivity contribution in [3.05, 3.63) is 29.8 Å². The Morgan fingerprint density at radius 2 is 1.85 bits per heavy atom. The van der Waals surface area contributed by atoms with Crippen molar-refractivity contribution in [3.63, 3.8) is 0 Å². The predicted octanol–water partition coefficient (Wildman–Crippen LogP) is 0.817. The second-order valence-corrected chi connectivity index (χ2v) is 6.99. The fourth-order valence-electron chi connectivity index (χ4n) is 3.21. The average molecular weight is 363 g/mol. The number of rotatable bonds is 7. The molecule has 0 spiro atoms. The van der Waals surface area contributed by atoms with Crippen molar-refractivity contribution in [2.24, 2.45) is 5.92 Å². The molecule has 0 saturated carbocycles. The normalized spacial score (nSPS) is 17.4. The molecular weight excluding hydrogens is 336 g/mol. The number of nitrogens with one attached hydrogen (secondary N) is 2. The molecule has 2 N–H and O–H groups in total. The van der Waals surface area contributed by atoms with Gasteiger partial charge in [0.15, 0.2) is 0 Å². The second kappa shape index (κ2) is 8.89. The van der Waals surface area contributed by atoms with Crippen LogP contribution in [0.4, 0.5) is 4.79 Å². The summed E-state index contributed by atoms with van der Waals surface area (Å²) in [5, 5.41) is 16.5. The molecule has 2 rings (SSSR count). The van der Waals surface area contributed by atoms with Crippen molar-refractivity contribution in [1.82, 2.24) is 10.6 Å².